The Labute approximate surface area is 92.0 Å². The zero-order valence-corrected chi connectivity index (χ0v) is 9.34. The van der Waals surface area contributed by atoms with Gasteiger partial charge in [0, 0.05) is 0 Å². The molecule has 0 amide bonds. The summed E-state index contributed by atoms with van der Waals surface area (Å²) >= 11 is 0. The largest absolute Gasteiger partial charge is 0.777 e. The van der Waals surface area contributed by atoms with Gasteiger partial charge in [-0.25, -0.2) is 4.57 Å². The maximum atomic E-state index is 10.4. The quantitative estimate of drug-likeness (QED) is 0.312. The lowest BCUT2D eigenvalue weighted by atomic mass is 10.5. The van der Waals surface area contributed by atoms with E-state index in [-0.39, 0.29) is 6.61 Å². The van der Waals surface area contributed by atoms with E-state index in [0.717, 1.165) is 0 Å². The maximum absolute atomic E-state index is 10.4. The number of rotatable bonds is 5. The van der Waals surface area contributed by atoms with Crippen LogP contribution in [0.3, 0.4) is 0 Å². The van der Waals surface area contributed by atoms with Crippen molar-refractivity contribution < 1.29 is 23.7 Å². The molecule has 16 heavy (non-hydrogen) atoms. The summed E-state index contributed by atoms with van der Waals surface area (Å²) in [6, 6.07) is 1.48. The first-order valence-electron chi connectivity index (χ1n) is 4.39. The van der Waals surface area contributed by atoms with Gasteiger partial charge in [-0.05, 0) is 0 Å². The maximum Gasteiger partial charge on any atom is 0.228 e. The van der Waals surface area contributed by atoms with Crippen LogP contribution in [-0.2, 0) is 15.8 Å². The predicted molar refractivity (Wildman–Crippen MR) is 53.9 cm³/mol. The molecule has 0 spiro atoms. The molecule has 90 valence electrons. The van der Waals surface area contributed by atoms with Crippen molar-refractivity contribution >= 4 is 19.2 Å². The summed E-state index contributed by atoms with van der Waals surface area (Å²) in [6.07, 6.45) is 0.708. The monoisotopic (exact) mass is 248 g/mol. The average Bonchev–Trinajstić information content (AvgIpc) is 2.13. The second kappa shape index (κ2) is 5.22. The molecule has 8 nitrogen and oxygen atoms in total. The Bertz CT molecular complexity index is 407. The van der Waals surface area contributed by atoms with Crippen molar-refractivity contribution in [2.24, 2.45) is 0 Å². The van der Waals surface area contributed by atoms with Crippen molar-refractivity contribution in [3.63, 3.8) is 0 Å². The number of anilines is 2. The van der Waals surface area contributed by atoms with Gasteiger partial charge in [-0.15, -0.1) is 0 Å². The topological polar surface area (TPSA) is 138 Å². The Morgan fingerprint density at radius 2 is 2.31 bits per heavy atom. The van der Waals surface area contributed by atoms with Crippen LogP contribution in [0.2, 0.25) is 0 Å². The zero-order valence-electron chi connectivity index (χ0n) is 8.44. The van der Waals surface area contributed by atoms with Crippen LogP contribution in [0.5, 0.6) is 0 Å². The van der Waals surface area contributed by atoms with Gasteiger partial charge < -0.3 is 30.6 Å². The number of nitrogens with two attached hydrogens (primary N) is 2. The number of aromatic nitrogens is 2. The Morgan fingerprint density at radius 1 is 1.62 bits per heavy atom. The SMILES string of the molecule is Nc1cc(N)[n+](CCOCP(=O)([O-])O)cn1. The Morgan fingerprint density at radius 3 is 2.88 bits per heavy atom. The van der Waals surface area contributed by atoms with E-state index in [9.17, 15) is 9.46 Å². The molecule has 1 heterocycles. The third-order valence-electron chi connectivity index (χ3n) is 1.70. The van der Waals surface area contributed by atoms with Crippen molar-refractivity contribution in [3.05, 3.63) is 12.4 Å². The summed E-state index contributed by atoms with van der Waals surface area (Å²) in [5.74, 6) is 0.694. The van der Waals surface area contributed by atoms with Crippen LogP contribution in [0.4, 0.5) is 11.6 Å². The third kappa shape index (κ3) is 4.54. The number of nitrogen functional groups attached to an aromatic ring is 2. The van der Waals surface area contributed by atoms with Crippen LogP contribution >= 0.6 is 7.60 Å². The first-order chi connectivity index (χ1) is 7.38. The standard InChI is InChI=1S/C7H13N4O4P/c8-6-3-7(9)11(4-10-6)1-2-15-5-16(12,13)14/h3-4H,1-2,5H2,(H5,8,9,12,13,14). The van der Waals surface area contributed by atoms with Gasteiger partial charge in [0.1, 0.15) is 6.35 Å². The highest BCUT2D eigenvalue weighted by atomic mass is 31.2. The normalized spacial score (nSPS) is 14.6. The average molecular weight is 248 g/mol. The van der Waals surface area contributed by atoms with Crippen LogP contribution in [0, 0.1) is 0 Å². The first-order valence-corrected chi connectivity index (χ1v) is 6.16. The molecule has 5 N–H and O–H groups in total. The smallest absolute Gasteiger partial charge is 0.228 e. The molecule has 0 aromatic carbocycles. The fourth-order valence-electron chi connectivity index (χ4n) is 1.00. The fourth-order valence-corrected chi connectivity index (χ4v) is 1.36. The molecule has 1 atom stereocenters. The summed E-state index contributed by atoms with van der Waals surface area (Å²) in [5, 5.41) is 0. The fraction of sp³-hybridized carbons (Fsp3) is 0.429. The van der Waals surface area contributed by atoms with Gasteiger partial charge in [-0.3, -0.25) is 0 Å². The van der Waals surface area contributed by atoms with E-state index in [2.05, 4.69) is 4.98 Å². The summed E-state index contributed by atoms with van der Waals surface area (Å²) in [5.41, 5.74) is 11.0. The molecule has 0 aliphatic heterocycles. The van der Waals surface area contributed by atoms with Crippen LogP contribution < -0.4 is 20.9 Å². The van der Waals surface area contributed by atoms with Crippen molar-refractivity contribution in [2.45, 2.75) is 6.54 Å². The van der Waals surface area contributed by atoms with Gasteiger partial charge in [0.2, 0.25) is 18.0 Å². The minimum atomic E-state index is -4.36. The summed E-state index contributed by atoms with van der Waals surface area (Å²) in [7, 11) is -4.36. The van der Waals surface area contributed by atoms with Crippen LogP contribution in [0.1, 0.15) is 0 Å². The number of hydrogen-bond acceptors (Lipinski definition) is 6. The van der Waals surface area contributed by atoms with Crippen molar-refractivity contribution in [1.82, 2.24) is 4.98 Å². The van der Waals surface area contributed by atoms with Gasteiger partial charge in [0.25, 0.3) is 0 Å². The first kappa shape index (κ1) is 12.9. The summed E-state index contributed by atoms with van der Waals surface area (Å²) in [6.45, 7) is 0.409. The molecular weight excluding hydrogens is 235 g/mol. The van der Waals surface area contributed by atoms with Gasteiger partial charge in [0.05, 0.1) is 19.2 Å². The molecular formula is C7H13N4O4P. The lowest BCUT2D eigenvalue weighted by molar-refractivity contribution is -0.687. The highest BCUT2D eigenvalue weighted by Gasteiger charge is 2.06. The Balaban J connectivity index is 2.41. The molecule has 0 radical (unpaired) electrons. The van der Waals surface area contributed by atoms with E-state index in [1.807, 2.05) is 0 Å². The highest BCUT2D eigenvalue weighted by molar-refractivity contribution is 7.50. The molecule has 0 bridgehead atoms. The predicted octanol–water partition coefficient (Wildman–Crippen LogP) is -1.95. The molecule has 1 rings (SSSR count). The van der Waals surface area contributed by atoms with E-state index >= 15 is 0 Å². The van der Waals surface area contributed by atoms with Gasteiger partial charge >= 0.3 is 0 Å². The van der Waals surface area contributed by atoms with Crippen molar-refractivity contribution in [1.29, 1.82) is 0 Å². The van der Waals surface area contributed by atoms with E-state index in [4.69, 9.17) is 21.1 Å². The number of hydrogen-bond donors (Lipinski definition) is 3. The molecule has 9 heteroatoms. The molecule has 1 aromatic rings. The second-order valence-corrected chi connectivity index (χ2v) is 4.64. The molecule has 1 aromatic heterocycles. The molecule has 0 aliphatic carbocycles. The van der Waals surface area contributed by atoms with E-state index in [1.165, 1.54) is 12.4 Å². The molecule has 0 fully saturated rings. The zero-order chi connectivity index (χ0) is 12.2. The van der Waals surface area contributed by atoms with Crippen LogP contribution in [0.25, 0.3) is 0 Å². The van der Waals surface area contributed by atoms with Gasteiger partial charge in [-0.1, -0.05) is 4.98 Å². The minimum Gasteiger partial charge on any atom is -0.777 e. The second-order valence-electron chi connectivity index (χ2n) is 3.11. The molecule has 0 aliphatic rings. The van der Waals surface area contributed by atoms with Crippen molar-refractivity contribution in [3.8, 4) is 0 Å². The van der Waals surface area contributed by atoms with Crippen LogP contribution in [0.15, 0.2) is 12.4 Å². The lowest BCUT2D eigenvalue weighted by Gasteiger charge is -2.15. The van der Waals surface area contributed by atoms with E-state index in [1.54, 1.807) is 4.57 Å². The minimum absolute atomic E-state index is 0.0905. The highest BCUT2D eigenvalue weighted by Crippen LogP contribution is 2.27. The summed E-state index contributed by atoms with van der Waals surface area (Å²) < 4.78 is 16.6. The van der Waals surface area contributed by atoms with E-state index < -0.39 is 13.9 Å². The van der Waals surface area contributed by atoms with Gasteiger partial charge in [-0.2, -0.15) is 0 Å². The van der Waals surface area contributed by atoms with Gasteiger partial charge in [0.15, 0.2) is 7.60 Å². The lowest BCUT2D eigenvalue weighted by Crippen LogP contribution is -2.39. The molecule has 1 unspecified atom stereocenters. The van der Waals surface area contributed by atoms with Crippen LogP contribution in [-0.4, -0.2) is 22.8 Å². The van der Waals surface area contributed by atoms with Crippen molar-refractivity contribution in [2.75, 3.05) is 24.4 Å². The summed E-state index contributed by atoms with van der Waals surface area (Å²) in [4.78, 5) is 22.6. The molecule has 0 saturated carbocycles. The third-order valence-corrected chi connectivity index (χ3v) is 2.21. The molecule has 0 saturated heterocycles. The van der Waals surface area contributed by atoms with E-state index in [0.29, 0.717) is 18.2 Å². The Hall–Kier alpha value is -1.21. The number of nitrogens with zero attached hydrogens (tertiary/aromatic N) is 2. The Kier molecular flexibility index (Phi) is 4.19. The number of ether oxygens (including phenoxy) is 1.